The van der Waals surface area contributed by atoms with Crippen molar-refractivity contribution in [3.63, 3.8) is 0 Å². The smallest absolute Gasteiger partial charge is 0.242 e. The number of carbonyl (C=O) groups is 1. The second-order valence-corrected chi connectivity index (χ2v) is 6.39. The first-order valence-corrected chi connectivity index (χ1v) is 7.53. The van der Waals surface area contributed by atoms with Crippen molar-refractivity contribution in [3.8, 4) is 0 Å². The molecule has 0 unspecified atom stereocenters. The summed E-state index contributed by atoms with van der Waals surface area (Å²) in [5.74, 6) is 0.109. The normalized spacial score (nSPS) is 15.2. The lowest BCUT2D eigenvalue weighted by Crippen LogP contribution is -2.31. The van der Waals surface area contributed by atoms with Crippen LogP contribution in [0.1, 0.15) is 11.3 Å². The molecule has 0 spiro atoms. The molecule has 2 aromatic rings. The van der Waals surface area contributed by atoms with Gasteiger partial charge >= 0.3 is 0 Å². The molecule has 112 valence electrons. The Bertz CT molecular complexity index is 705. The number of aromatic nitrogens is 1. The Morgan fingerprint density at radius 3 is 2.86 bits per heavy atom. The van der Waals surface area contributed by atoms with Crippen molar-refractivity contribution >= 4 is 28.4 Å². The lowest BCUT2D eigenvalue weighted by molar-refractivity contribution is -0.129. The third-order valence-electron chi connectivity index (χ3n) is 4.20. The molecular weight excluding hydrogens is 286 g/mol. The SMILES string of the molecule is CN1CCc2c(n(CC(=O)N(C)C)c3ccc(Cl)cc23)C1. The summed E-state index contributed by atoms with van der Waals surface area (Å²) in [6, 6.07) is 5.95. The Labute approximate surface area is 129 Å². The fraction of sp³-hybridized carbons (Fsp3) is 0.438. The predicted molar refractivity (Wildman–Crippen MR) is 85.7 cm³/mol. The molecule has 0 fully saturated rings. The van der Waals surface area contributed by atoms with Crippen molar-refractivity contribution in [3.05, 3.63) is 34.5 Å². The number of fused-ring (bicyclic) bond motifs is 3. The Morgan fingerprint density at radius 1 is 1.38 bits per heavy atom. The molecule has 1 aliphatic heterocycles. The second-order valence-electron chi connectivity index (χ2n) is 5.95. The minimum absolute atomic E-state index is 0.109. The van der Waals surface area contributed by atoms with E-state index in [9.17, 15) is 4.79 Å². The van der Waals surface area contributed by atoms with Gasteiger partial charge in [0.05, 0.1) is 0 Å². The summed E-state index contributed by atoms with van der Waals surface area (Å²) in [7, 11) is 5.71. The minimum Gasteiger partial charge on any atom is -0.347 e. The predicted octanol–water partition coefficient (Wildman–Crippen LogP) is 2.37. The van der Waals surface area contributed by atoms with E-state index in [4.69, 9.17) is 11.6 Å². The highest BCUT2D eigenvalue weighted by Crippen LogP contribution is 2.32. The Kier molecular flexibility index (Phi) is 3.68. The molecule has 0 aliphatic carbocycles. The van der Waals surface area contributed by atoms with Crippen LogP contribution in [-0.4, -0.2) is 48.0 Å². The third-order valence-corrected chi connectivity index (χ3v) is 4.44. The molecule has 4 nitrogen and oxygen atoms in total. The van der Waals surface area contributed by atoms with Gasteiger partial charge in [0.15, 0.2) is 0 Å². The van der Waals surface area contributed by atoms with Gasteiger partial charge in [0, 0.05) is 48.8 Å². The second kappa shape index (κ2) is 5.35. The molecule has 1 aromatic heterocycles. The zero-order valence-corrected chi connectivity index (χ0v) is 13.4. The van der Waals surface area contributed by atoms with Crippen LogP contribution in [0.15, 0.2) is 18.2 Å². The average Bonchev–Trinajstić information content (AvgIpc) is 2.72. The van der Waals surface area contributed by atoms with Crippen molar-refractivity contribution in [2.24, 2.45) is 0 Å². The van der Waals surface area contributed by atoms with E-state index >= 15 is 0 Å². The van der Waals surface area contributed by atoms with E-state index in [0.717, 1.165) is 30.0 Å². The molecule has 0 atom stereocenters. The highest BCUT2D eigenvalue weighted by atomic mass is 35.5. The van der Waals surface area contributed by atoms with Crippen molar-refractivity contribution < 1.29 is 4.79 Å². The van der Waals surface area contributed by atoms with Crippen LogP contribution in [0.25, 0.3) is 10.9 Å². The van der Waals surface area contributed by atoms with E-state index in [-0.39, 0.29) is 5.91 Å². The molecule has 0 saturated heterocycles. The fourth-order valence-corrected chi connectivity index (χ4v) is 3.18. The molecule has 1 amide bonds. The fourth-order valence-electron chi connectivity index (χ4n) is 3.00. The standard InChI is InChI=1S/C16H20ClN3O/c1-18(2)16(21)10-20-14-5-4-11(17)8-13(14)12-6-7-19(3)9-15(12)20/h4-5,8H,6-7,9-10H2,1-3H3. The zero-order valence-electron chi connectivity index (χ0n) is 12.7. The highest BCUT2D eigenvalue weighted by molar-refractivity contribution is 6.31. The monoisotopic (exact) mass is 305 g/mol. The van der Waals surface area contributed by atoms with Gasteiger partial charge in [-0.1, -0.05) is 11.6 Å². The van der Waals surface area contributed by atoms with Gasteiger partial charge in [0.2, 0.25) is 5.91 Å². The summed E-state index contributed by atoms with van der Waals surface area (Å²) in [6.45, 7) is 2.30. The maximum Gasteiger partial charge on any atom is 0.242 e. The van der Waals surface area contributed by atoms with Crippen LogP contribution in [0.4, 0.5) is 0 Å². The van der Waals surface area contributed by atoms with E-state index in [1.807, 2.05) is 18.2 Å². The van der Waals surface area contributed by atoms with Gasteiger partial charge in [0.1, 0.15) is 6.54 Å². The van der Waals surface area contributed by atoms with Crippen LogP contribution in [0.3, 0.4) is 0 Å². The Balaban J connectivity index is 2.17. The van der Waals surface area contributed by atoms with E-state index < -0.39 is 0 Å². The average molecular weight is 306 g/mol. The maximum atomic E-state index is 12.2. The summed E-state index contributed by atoms with van der Waals surface area (Å²) in [4.78, 5) is 16.1. The Hall–Kier alpha value is -1.52. The minimum atomic E-state index is 0.109. The molecule has 0 bridgehead atoms. The summed E-state index contributed by atoms with van der Waals surface area (Å²) < 4.78 is 2.15. The summed E-state index contributed by atoms with van der Waals surface area (Å²) in [5.41, 5.74) is 3.70. The van der Waals surface area contributed by atoms with Crippen molar-refractivity contribution in [1.29, 1.82) is 0 Å². The van der Waals surface area contributed by atoms with Crippen LogP contribution < -0.4 is 0 Å². The van der Waals surface area contributed by atoms with Crippen LogP contribution in [0.5, 0.6) is 0 Å². The molecular formula is C16H20ClN3O. The van der Waals surface area contributed by atoms with Gasteiger partial charge in [-0.3, -0.25) is 4.79 Å². The topological polar surface area (TPSA) is 28.5 Å². The van der Waals surface area contributed by atoms with Crippen molar-refractivity contribution in [2.45, 2.75) is 19.5 Å². The number of hydrogen-bond acceptors (Lipinski definition) is 2. The number of nitrogens with zero attached hydrogens (tertiary/aromatic N) is 3. The van der Waals surface area contributed by atoms with Crippen LogP contribution in [0, 0.1) is 0 Å². The number of amides is 1. The van der Waals surface area contributed by atoms with Gasteiger partial charge in [-0.15, -0.1) is 0 Å². The molecule has 3 rings (SSSR count). The Morgan fingerprint density at radius 2 is 2.14 bits per heavy atom. The lowest BCUT2D eigenvalue weighted by atomic mass is 10.0. The third kappa shape index (κ3) is 2.54. The number of carbonyl (C=O) groups excluding carboxylic acids is 1. The van der Waals surface area contributed by atoms with Gasteiger partial charge in [-0.2, -0.15) is 0 Å². The molecule has 0 radical (unpaired) electrons. The summed E-state index contributed by atoms with van der Waals surface area (Å²) >= 11 is 6.16. The largest absolute Gasteiger partial charge is 0.347 e. The highest BCUT2D eigenvalue weighted by Gasteiger charge is 2.23. The molecule has 1 aliphatic rings. The number of hydrogen-bond donors (Lipinski definition) is 0. The number of rotatable bonds is 2. The summed E-state index contributed by atoms with van der Waals surface area (Å²) in [5, 5.41) is 1.94. The molecule has 0 N–H and O–H groups in total. The first-order chi connectivity index (χ1) is 9.97. The van der Waals surface area contributed by atoms with E-state index in [1.165, 1.54) is 16.6 Å². The molecule has 21 heavy (non-hydrogen) atoms. The molecule has 2 heterocycles. The maximum absolute atomic E-state index is 12.2. The van der Waals surface area contributed by atoms with Crippen LogP contribution in [0.2, 0.25) is 5.02 Å². The lowest BCUT2D eigenvalue weighted by Gasteiger charge is -2.25. The van der Waals surface area contributed by atoms with Crippen molar-refractivity contribution in [1.82, 2.24) is 14.4 Å². The van der Waals surface area contributed by atoms with Crippen LogP contribution in [-0.2, 0) is 24.3 Å². The van der Waals surface area contributed by atoms with E-state index in [0.29, 0.717) is 6.54 Å². The number of halogens is 1. The molecule has 0 saturated carbocycles. The van der Waals surface area contributed by atoms with E-state index in [1.54, 1.807) is 19.0 Å². The zero-order chi connectivity index (χ0) is 15.1. The molecule has 1 aromatic carbocycles. The quantitative estimate of drug-likeness (QED) is 0.852. The van der Waals surface area contributed by atoms with Crippen molar-refractivity contribution in [2.75, 3.05) is 27.7 Å². The first-order valence-electron chi connectivity index (χ1n) is 7.15. The molecule has 5 heteroatoms. The first kappa shape index (κ1) is 14.4. The number of benzene rings is 1. The van der Waals surface area contributed by atoms with Gasteiger partial charge in [-0.25, -0.2) is 0 Å². The van der Waals surface area contributed by atoms with Gasteiger partial charge < -0.3 is 14.4 Å². The number of likely N-dealkylation sites (N-methyl/N-ethyl adjacent to an activating group) is 2. The van der Waals surface area contributed by atoms with Crippen LogP contribution >= 0.6 is 11.6 Å². The van der Waals surface area contributed by atoms with Gasteiger partial charge in [-0.05, 0) is 37.2 Å². The van der Waals surface area contributed by atoms with E-state index in [2.05, 4.69) is 16.5 Å². The van der Waals surface area contributed by atoms with Gasteiger partial charge in [0.25, 0.3) is 0 Å². The summed E-state index contributed by atoms with van der Waals surface area (Å²) in [6.07, 6.45) is 1.01.